The summed E-state index contributed by atoms with van der Waals surface area (Å²) in [6.45, 7) is 4.26. The highest BCUT2D eigenvalue weighted by Crippen LogP contribution is 2.31. The molecule has 0 spiro atoms. The monoisotopic (exact) mass is 330 g/mol. The number of nitrogens with zero attached hydrogens (tertiary/aromatic N) is 3. The molecule has 2 N–H and O–H groups in total. The Morgan fingerprint density at radius 2 is 1.90 bits per heavy atom. The van der Waals surface area contributed by atoms with Gasteiger partial charge in [0.2, 0.25) is 0 Å². The van der Waals surface area contributed by atoms with Crippen LogP contribution in [0.15, 0.2) is 11.6 Å². The number of thiazole rings is 1. The average Bonchev–Trinajstić information content (AvgIpc) is 3.03. The molecule has 1 aromatic heterocycles. The topological polar surface area (TPSA) is 79.5 Å². The summed E-state index contributed by atoms with van der Waals surface area (Å²) < 4.78 is 23.3. The lowest BCUT2D eigenvalue weighted by atomic mass is 9.89. The number of nitrogens with two attached hydrogens (primary N) is 1. The third-order valence-electron chi connectivity index (χ3n) is 4.78. The molecule has 1 aromatic rings. The first-order valence-corrected chi connectivity index (χ1v) is 10.0. The lowest BCUT2D eigenvalue weighted by molar-refractivity contribution is 0.0767. The van der Waals surface area contributed by atoms with Crippen molar-refractivity contribution in [2.24, 2.45) is 5.73 Å². The van der Waals surface area contributed by atoms with E-state index in [9.17, 15) is 8.42 Å². The Balaban J connectivity index is 1.65. The highest BCUT2D eigenvalue weighted by Gasteiger charge is 2.42. The molecule has 21 heavy (non-hydrogen) atoms. The van der Waals surface area contributed by atoms with E-state index in [1.165, 1.54) is 0 Å². The zero-order chi connectivity index (χ0) is 14.9. The van der Waals surface area contributed by atoms with E-state index in [4.69, 9.17) is 5.73 Å². The standard InChI is InChI=1S/C13H22N4O2S2/c14-11-13(1-9-21(18,19)10-2-13)17-6-4-16(5-7-17)12-15-3-8-20-12/h3,8H,1-2,4-7,9-11,14H2. The van der Waals surface area contributed by atoms with Crippen LogP contribution in [0.4, 0.5) is 5.13 Å². The Bertz CT molecular complexity index is 551. The summed E-state index contributed by atoms with van der Waals surface area (Å²) in [5.74, 6) is 0.549. The van der Waals surface area contributed by atoms with Gasteiger partial charge in [-0.25, -0.2) is 13.4 Å². The number of piperazine rings is 1. The van der Waals surface area contributed by atoms with E-state index in [1.54, 1.807) is 11.3 Å². The third-order valence-corrected chi connectivity index (χ3v) is 7.26. The van der Waals surface area contributed by atoms with Crippen LogP contribution in [0.25, 0.3) is 0 Å². The molecule has 0 aliphatic carbocycles. The summed E-state index contributed by atoms with van der Waals surface area (Å²) in [5.41, 5.74) is 5.90. The summed E-state index contributed by atoms with van der Waals surface area (Å²) in [6.07, 6.45) is 3.17. The van der Waals surface area contributed by atoms with Gasteiger partial charge in [0.25, 0.3) is 0 Å². The minimum Gasteiger partial charge on any atom is -0.346 e. The minimum absolute atomic E-state index is 0.125. The van der Waals surface area contributed by atoms with Gasteiger partial charge in [-0.05, 0) is 12.8 Å². The molecule has 0 aromatic carbocycles. The minimum atomic E-state index is -2.85. The number of anilines is 1. The van der Waals surface area contributed by atoms with Crippen LogP contribution in [-0.4, -0.2) is 68.1 Å². The molecule has 2 saturated heterocycles. The highest BCUT2D eigenvalue weighted by atomic mass is 32.2. The van der Waals surface area contributed by atoms with Gasteiger partial charge in [-0.2, -0.15) is 0 Å². The zero-order valence-electron chi connectivity index (χ0n) is 12.1. The summed E-state index contributed by atoms with van der Waals surface area (Å²) in [5, 5.41) is 3.07. The molecule has 0 amide bonds. The van der Waals surface area contributed by atoms with Gasteiger partial charge < -0.3 is 10.6 Å². The van der Waals surface area contributed by atoms with E-state index < -0.39 is 9.84 Å². The van der Waals surface area contributed by atoms with Gasteiger partial charge in [0.15, 0.2) is 5.13 Å². The molecule has 2 aliphatic rings. The summed E-state index contributed by atoms with van der Waals surface area (Å²) in [7, 11) is -2.85. The van der Waals surface area contributed by atoms with Crippen molar-refractivity contribution in [3.8, 4) is 0 Å². The van der Waals surface area contributed by atoms with Crippen molar-refractivity contribution in [3.63, 3.8) is 0 Å². The van der Waals surface area contributed by atoms with Crippen LogP contribution >= 0.6 is 11.3 Å². The molecule has 6 nitrogen and oxygen atoms in total. The van der Waals surface area contributed by atoms with Crippen molar-refractivity contribution in [1.82, 2.24) is 9.88 Å². The molecule has 0 atom stereocenters. The number of hydrogen-bond donors (Lipinski definition) is 1. The third kappa shape index (κ3) is 3.08. The van der Waals surface area contributed by atoms with Gasteiger partial charge in [0.1, 0.15) is 9.84 Å². The molecule has 0 unspecified atom stereocenters. The Morgan fingerprint density at radius 1 is 1.24 bits per heavy atom. The Kier molecular flexibility index (Phi) is 4.22. The van der Waals surface area contributed by atoms with E-state index in [-0.39, 0.29) is 17.0 Å². The van der Waals surface area contributed by atoms with Crippen LogP contribution in [0.1, 0.15) is 12.8 Å². The van der Waals surface area contributed by atoms with E-state index in [0.717, 1.165) is 31.3 Å². The van der Waals surface area contributed by atoms with Crippen molar-refractivity contribution in [2.45, 2.75) is 18.4 Å². The van der Waals surface area contributed by atoms with Crippen molar-refractivity contribution < 1.29 is 8.42 Å². The molecule has 8 heteroatoms. The maximum absolute atomic E-state index is 11.7. The normalized spacial score (nSPS) is 25.9. The smallest absolute Gasteiger partial charge is 0.185 e. The lowest BCUT2D eigenvalue weighted by Gasteiger charge is -2.49. The van der Waals surface area contributed by atoms with Crippen molar-refractivity contribution in [3.05, 3.63) is 11.6 Å². The van der Waals surface area contributed by atoms with Crippen LogP contribution in [0.5, 0.6) is 0 Å². The van der Waals surface area contributed by atoms with Crippen LogP contribution in [0, 0.1) is 0 Å². The van der Waals surface area contributed by atoms with Gasteiger partial charge >= 0.3 is 0 Å². The van der Waals surface area contributed by atoms with Gasteiger partial charge in [-0.15, -0.1) is 11.3 Å². The first-order valence-electron chi connectivity index (χ1n) is 7.35. The maximum atomic E-state index is 11.7. The van der Waals surface area contributed by atoms with Gasteiger partial charge in [-0.1, -0.05) is 0 Å². The molecule has 2 fully saturated rings. The van der Waals surface area contributed by atoms with E-state index >= 15 is 0 Å². The molecule has 0 bridgehead atoms. The molecule has 0 radical (unpaired) electrons. The fraction of sp³-hybridized carbons (Fsp3) is 0.769. The van der Waals surface area contributed by atoms with E-state index in [2.05, 4.69) is 14.8 Å². The van der Waals surface area contributed by atoms with E-state index in [1.807, 2.05) is 11.6 Å². The first-order chi connectivity index (χ1) is 10.0. The SMILES string of the molecule is NCC1(N2CCN(c3nccs3)CC2)CCS(=O)(=O)CC1. The molecule has 3 heterocycles. The van der Waals surface area contributed by atoms with Crippen LogP contribution < -0.4 is 10.6 Å². The molecule has 118 valence electrons. The lowest BCUT2D eigenvalue weighted by Crippen LogP contribution is -2.62. The summed E-state index contributed by atoms with van der Waals surface area (Å²) >= 11 is 1.66. The predicted molar refractivity (Wildman–Crippen MR) is 85.6 cm³/mol. The second-order valence-electron chi connectivity index (χ2n) is 5.87. The van der Waals surface area contributed by atoms with Gasteiger partial charge in [0, 0.05) is 49.8 Å². The maximum Gasteiger partial charge on any atom is 0.185 e. The van der Waals surface area contributed by atoms with Crippen molar-refractivity contribution >= 4 is 26.3 Å². The molecule has 0 saturated carbocycles. The fourth-order valence-electron chi connectivity index (χ4n) is 3.31. The van der Waals surface area contributed by atoms with E-state index in [0.29, 0.717) is 19.4 Å². The molecular weight excluding hydrogens is 308 g/mol. The largest absolute Gasteiger partial charge is 0.346 e. The molecule has 2 aliphatic heterocycles. The van der Waals surface area contributed by atoms with Crippen LogP contribution in [-0.2, 0) is 9.84 Å². The highest BCUT2D eigenvalue weighted by molar-refractivity contribution is 7.91. The van der Waals surface area contributed by atoms with Crippen molar-refractivity contribution in [1.29, 1.82) is 0 Å². The number of sulfone groups is 1. The Morgan fingerprint density at radius 3 is 2.43 bits per heavy atom. The number of rotatable bonds is 3. The summed E-state index contributed by atoms with van der Waals surface area (Å²) in [4.78, 5) is 9.06. The van der Waals surface area contributed by atoms with Crippen LogP contribution in [0.3, 0.4) is 0 Å². The van der Waals surface area contributed by atoms with Gasteiger partial charge in [-0.3, -0.25) is 4.90 Å². The summed E-state index contributed by atoms with van der Waals surface area (Å²) in [6, 6.07) is 0. The zero-order valence-corrected chi connectivity index (χ0v) is 13.7. The quantitative estimate of drug-likeness (QED) is 0.851. The Hall–Kier alpha value is -0.700. The first kappa shape index (κ1) is 15.2. The number of hydrogen-bond acceptors (Lipinski definition) is 7. The Labute approximate surface area is 129 Å². The number of aromatic nitrogens is 1. The second kappa shape index (κ2) is 5.83. The van der Waals surface area contributed by atoms with Gasteiger partial charge in [0.05, 0.1) is 11.5 Å². The second-order valence-corrected chi connectivity index (χ2v) is 9.05. The fourth-order valence-corrected chi connectivity index (χ4v) is 5.59. The molecule has 3 rings (SSSR count). The van der Waals surface area contributed by atoms with Crippen molar-refractivity contribution in [2.75, 3.05) is 49.1 Å². The predicted octanol–water partition coefficient (Wildman–Crippen LogP) is 0.171. The molecular formula is C13H22N4O2S2. The average molecular weight is 330 g/mol. The van der Waals surface area contributed by atoms with Crippen LogP contribution in [0.2, 0.25) is 0 Å².